The summed E-state index contributed by atoms with van der Waals surface area (Å²) in [6.07, 6.45) is 4.98. The fraction of sp³-hybridized carbons (Fsp3) is 0.636. The maximum absolute atomic E-state index is 11.4. The standard InChI is InChI=1S/C11H18N2O3/c1-5-6-9(10(14)15)13-11(16)12-8(4)7(2)3/h1,7-9H,6H2,2-4H3,(H,14,15)(H2,12,13,16). The predicted molar refractivity (Wildman–Crippen MR) is 60.8 cm³/mol. The van der Waals surface area contributed by atoms with E-state index >= 15 is 0 Å². The fourth-order valence-corrected chi connectivity index (χ4v) is 0.891. The molecule has 2 atom stereocenters. The topological polar surface area (TPSA) is 78.4 Å². The van der Waals surface area contributed by atoms with Crippen molar-refractivity contribution in [1.82, 2.24) is 10.6 Å². The zero-order chi connectivity index (χ0) is 12.7. The van der Waals surface area contributed by atoms with Gasteiger partial charge in [-0.15, -0.1) is 12.3 Å². The molecule has 0 aliphatic heterocycles. The van der Waals surface area contributed by atoms with Gasteiger partial charge in [0.25, 0.3) is 0 Å². The lowest BCUT2D eigenvalue weighted by atomic mass is 10.1. The van der Waals surface area contributed by atoms with E-state index in [0.717, 1.165) is 0 Å². The number of amides is 2. The van der Waals surface area contributed by atoms with E-state index in [9.17, 15) is 9.59 Å². The highest BCUT2D eigenvalue weighted by molar-refractivity contribution is 5.82. The fourth-order valence-electron chi connectivity index (χ4n) is 0.891. The predicted octanol–water partition coefficient (Wildman–Crippen LogP) is 0.807. The Labute approximate surface area is 95.6 Å². The smallest absolute Gasteiger partial charge is 0.327 e. The number of carbonyl (C=O) groups is 2. The molecule has 0 aliphatic rings. The Balaban J connectivity index is 4.21. The summed E-state index contributed by atoms with van der Waals surface area (Å²) in [5.41, 5.74) is 0. The van der Waals surface area contributed by atoms with Crippen molar-refractivity contribution in [3.63, 3.8) is 0 Å². The minimum Gasteiger partial charge on any atom is -0.480 e. The Bertz CT molecular complexity index is 294. The van der Waals surface area contributed by atoms with Gasteiger partial charge in [0.2, 0.25) is 0 Å². The maximum atomic E-state index is 11.4. The monoisotopic (exact) mass is 226 g/mol. The lowest BCUT2D eigenvalue weighted by Crippen LogP contribution is -2.49. The first kappa shape index (κ1) is 14.3. The molecule has 5 nitrogen and oxygen atoms in total. The average Bonchev–Trinajstić information content (AvgIpc) is 2.16. The number of carbonyl (C=O) groups excluding carboxylic acids is 1. The second-order valence-electron chi connectivity index (χ2n) is 3.95. The number of carboxylic acid groups (broad SMARTS) is 1. The van der Waals surface area contributed by atoms with Crippen LogP contribution in [0.3, 0.4) is 0 Å². The van der Waals surface area contributed by atoms with Gasteiger partial charge in [-0.25, -0.2) is 9.59 Å². The minimum atomic E-state index is -1.13. The first-order valence-corrected chi connectivity index (χ1v) is 5.11. The minimum absolute atomic E-state index is 0.0275. The van der Waals surface area contributed by atoms with Gasteiger partial charge in [0.05, 0.1) is 0 Å². The van der Waals surface area contributed by atoms with Crippen molar-refractivity contribution in [2.75, 3.05) is 0 Å². The summed E-state index contributed by atoms with van der Waals surface area (Å²) in [5, 5.41) is 13.7. The summed E-state index contributed by atoms with van der Waals surface area (Å²) in [5.74, 6) is 1.35. The van der Waals surface area contributed by atoms with Crippen LogP contribution in [0.5, 0.6) is 0 Å². The number of aliphatic carboxylic acids is 1. The summed E-state index contributed by atoms with van der Waals surface area (Å²) in [4.78, 5) is 22.1. The molecule has 2 amide bonds. The summed E-state index contributed by atoms with van der Waals surface area (Å²) in [7, 11) is 0. The molecule has 0 aromatic heterocycles. The third kappa shape index (κ3) is 5.25. The van der Waals surface area contributed by atoms with E-state index < -0.39 is 18.0 Å². The van der Waals surface area contributed by atoms with E-state index in [-0.39, 0.29) is 18.4 Å². The van der Waals surface area contributed by atoms with E-state index in [1.807, 2.05) is 20.8 Å². The number of hydrogen-bond acceptors (Lipinski definition) is 2. The van der Waals surface area contributed by atoms with Crippen molar-refractivity contribution in [3.05, 3.63) is 0 Å². The average molecular weight is 226 g/mol. The Hall–Kier alpha value is -1.70. The molecule has 5 heteroatoms. The highest BCUT2D eigenvalue weighted by Gasteiger charge is 2.19. The Morgan fingerprint density at radius 1 is 1.31 bits per heavy atom. The largest absolute Gasteiger partial charge is 0.480 e. The Kier molecular flexibility index (Phi) is 6.01. The van der Waals surface area contributed by atoms with Crippen LogP contribution in [0.4, 0.5) is 4.79 Å². The van der Waals surface area contributed by atoms with Crippen LogP contribution >= 0.6 is 0 Å². The molecular formula is C11H18N2O3. The molecule has 0 aromatic carbocycles. The molecule has 0 aromatic rings. The molecule has 0 bridgehead atoms. The lowest BCUT2D eigenvalue weighted by molar-refractivity contribution is -0.139. The third-order valence-electron chi connectivity index (χ3n) is 2.28. The normalized spacial score (nSPS) is 13.7. The van der Waals surface area contributed by atoms with Gasteiger partial charge in [0.1, 0.15) is 6.04 Å². The Morgan fingerprint density at radius 3 is 2.25 bits per heavy atom. The van der Waals surface area contributed by atoms with Gasteiger partial charge < -0.3 is 15.7 Å². The van der Waals surface area contributed by atoms with Crippen molar-refractivity contribution in [2.24, 2.45) is 5.92 Å². The number of urea groups is 1. The molecule has 2 unspecified atom stereocenters. The molecule has 0 aliphatic carbocycles. The summed E-state index contributed by atoms with van der Waals surface area (Å²) >= 11 is 0. The van der Waals surface area contributed by atoms with Gasteiger partial charge in [-0.2, -0.15) is 0 Å². The maximum Gasteiger partial charge on any atom is 0.327 e. The molecule has 3 N–H and O–H groups in total. The van der Waals surface area contributed by atoms with Crippen LogP contribution in [0.25, 0.3) is 0 Å². The van der Waals surface area contributed by atoms with E-state index in [0.29, 0.717) is 0 Å². The van der Waals surface area contributed by atoms with E-state index in [1.54, 1.807) is 0 Å². The first-order valence-electron chi connectivity index (χ1n) is 5.11. The number of hydrogen-bond donors (Lipinski definition) is 3. The summed E-state index contributed by atoms with van der Waals surface area (Å²) in [6, 6.07) is -1.58. The number of rotatable bonds is 5. The number of nitrogens with one attached hydrogen (secondary N) is 2. The van der Waals surface area contributed by atoms with Crippen molar-refractivity contribution >= 4 is 12.0 Å². The molecule has 0 saturated heterocycles. The number of terminal acetylenes is 1. The van der Waals surface area contributed by atoms with Gasteiger partial charge in [0, 0.05) is 12.5 Å². The first-order chi connectivity index (χ1) is 7.38. The lowest BCUT2D eigenvalue weighted by Gasteiger charge is -2.19. The van der Waals surface area contributed by atoms with Crippen LogP contribution in [-0.4, -0.2) is 29.2 Å². The van der Waals surface area contributed by atoms with Crippen LogP contribution in [0.2, 0.25) is 0 Å². The molecule has 0 rings (SSSR count). The molecule has 0 radical (unpaired) electrons. The molecule has 0 fully saturated rings. The van der Waals surface area contributed by atoms with E-state index in [1.165, 1.54) is 0 Å². The van der Waals surface area contributed by atoms with Crippen molar-refractivity contribution in [1.29, 1.82) is 0 Å². The summed E-state index contributed by atoms with van der Waals surface area (Å²) < 4.78 is 0. The second kappa shape index (κ2) is 6.72. The molecule has 0 spiro atoms. The van der Waals surface area contributed by atoms with Crippen LogP contribution in [0.15, 0.2) is 0 Å². The van der Waals surface area contributed by atoms with E-state index in [4.69, 9.17) is 11.5 Å². The number of carboxylic acids is 1. The van der Waals surface area contributed by atoms with Crippen LogP contribution < -0.4 is 10.6 Å². The highest BCUT2D eigenvalue weighted by Crippen LogP contribution is 1.99. The highest BCUT2D eigenvalue weighted by atomic mass is 16.4. The van der Waals surface area contributed by atoms with Gasteiger partial charge in [-0.1, -0.05) is 13.8 Å². The van der Waals surface area contributed by atoms with Gasteiger partial charge in [0.15, 0.2) is 0 Å². The van der Waals surface area contributed by atoms with Crippen molar-refractivity contribution in [3.8, 4) is 12.3 Å². The van der Waals surface area contributed by atoms with Crippen LogP contribution in [0, 0.1) is 18.3 Å². The van der Waals surface area contributed by atoms with Gasteiger partial charge in [-0.3, -0.25) is 0 Å². The molecular weight excluding hydrogens is 208 g/mol. The van der Waals surface area contributed by atoms with Crippen LogP contribution in [-0.2, 0) is 4.79 Å². The van der Waals surface area contributed by atoms with Gasteiger partial charge >= 0.3 is 12.0 Å². The third-order valence-corrected chi connectivity index (χ3v) is 2.28. The zero-order valence-electron chi connectivity index (χ0n) is 9.78. The zero-order valence-corrected chi connectivity index (χ0v) is 9.78. The molecule has 0 heterocycles. The molecule has 0 saturated carbocycles. The molecule has 16 heavy (non-hydrogen) atoms. The summed E-state index contributed by atoms with van der Waals surface area (Å²) in [6.45, 7) is 5.77. The van der Waals surface area contributed by atoms with Crippen molar-refractivity contribution in [2.45, 2.75) is 39.3 Å². The molecule has 90 valence electrons. The second-order valence-corrected chi connectivity index (χ2v) is 3.95. The van der Waals surface area contributed by atoms with E-state index in [2.05, 4.69) is 16.6 Å². The quantitative estimate of drug-likeness (QED) is 0.607. The van der Waals surface area contributed by atoms with Gasteiger partial charge in [-0.05, 0) is 12.8 Å². The van der Waals surface area contributed by atoms with Crippen LogP contribution in [0.1, 0.15) is 27.2 Å². The van der Waals surface area contributed by atoms with Crippen molar-refractivity contribution < 1.29 is 14.7 Å². The Morgan fingerprint density at radius 2 is 1.88 bits per heavy atom. The SMILES string of the molecule is C#CCC(NC(=O)NC(C)C(C)C)C(=O)O.